The van der Waals surface area contributed by atoms with E-state index in [4.69, 9.17) is 0 Å². The van der Waals surface area contributed by atoms with Crippen LogP contribution in [0.5, 0.6) is 0 Å². The first-order valence-corrected chi connectivity index (χ1v) is 22.2. The lowest BCUT2D eigenvalue weighted by molar-refractivity contribution is 0.660. The topological polar surface area (TPSA) is 3.24 Å². The number of benzene rings is 10. The normalized spacial score (nSPS) is 14.1. The molecule has 0 saturated carbocycles. The van der Waals surface area contributed by atoms with Crippen LogP contribution in [0.2, 0.25) is 0 Å². The van der Waals surface area contributed by atoms with Gasteiger partial charge in [-0.2, -0.15) is 0 Å². The van der Waals surface area contributed by atoms with Crippen molar-refractivity contribution in [1.82, 2.24) is 0 Å². The first kappa shape index (κ1) is 36.0. The van der Waals surface area contributed by atoms with E-state index in [2.05, 4.69) is 243 Å². The predicted molar refractivity (Wildman–Crippen MR) is 263 cm³/mol. The quantitative estimate of drug-likeness (QED) is 0.168. The van der Waals surface area contributed by atoms with Crippen molar-refractivity contribution in [1.29, 1.82) is 0 Å². The van der Waals surface area contributed by atoms with Crippen LogP contribution in [-0.2, 0) is 10.8 Å². The minimum Gasteiger partial charge on any atom is -0.310 e. The Morgan fingerprint density at radius 3 is 1.56 bits per heavy atom. The van der Waals surface area contributed by atoms with Crippen LogP contribution in [0.4, 0.5) is 17.1 Å². The summed E-state index contributed by atoms with van der Waals surface area (Å²) < 4.78 is 0. The summed E-state index contributed by atoms with van der Waals surface area (Å²) in [6, 6.07) is 84.0. The van der Waals surface area contributed by atoms with E-state index in [1.165, 1.54) is 99.8 Å². The van der Waals surface area contributed by atoms with Crippen molar-refractivity contribution < 1.29 is 0 Å². The Balaban J connectivity index is 1.02. The molecule has 0 heterocycles. The van der Waals surface area contributed by atoms with Crippen molar-refractivity contribution in [2.24, 2.45) is 0 Å². The second kappa shape index (κ2) is 13.4. The fourth-order valence-electron chi connectivity index (χ4n) is 11.7. The van der Waals surface area contributed by atoms with Crippen molar-refractivity contribution in [3.05, 3.63) is 258 Å². The molecule has 0 unspecified atom stereocenters. The molecule has 0 fully saturated rings. The number of hydrogen-bond donors (Lipinski definition) is 0. The molecule has 3 aliphatic rings. The summed E-state index contributed by atoms with van der Waals surface area (Å²) in [6.07, 6.45) is 0. The fourth-order valence-corrected chi connectivity index (χ4v) is 11.7. The highest BCUT2D eigenvalue weighted by molar-refractivity contribution is 6.06. The van der Waals surface area contributed by atoms with E-state index in [0.717, 1.165) is 17.1 Å². The molecule has 3 aliphatic carbocycles. The Labute approximate surface area is 369 Å². The van der Waals surface area contributed by atoms with Crippen LogP contribution in [0, 0.1) is 0 Å². The molecule has 63 heavy (non-hydrogen) atoms. The molecule has 0 aromatic heterocycles. The Bertz CT molecular complexity index is 3450. The highest BCUT2D eigenvalue weighted by atomic mass is 15.1. The molecule has 10 aromatic rings. The Morgan fingerprint density at radius 2 is 0.841 bits per heavy atom. The lowest BCUT2D eigenvalue weighted by Crippen LogP contribution is -2.25. The molecule has 0 saturated heterocycles. The molecule has 1 nitrogen and oxygen atoms in total. The van der Waals surface area contributed by atoms with Crippen molar-refractivity contribution >= 4 is 27.8 Å². The van der Waals surface area contributed by atoms with Crippen LogP contribution >= 0.6 is 0 Å². The van der Waals surface area contributed by atoms with E-state index in [0.29, 0.717) is 0 Å². The summed E-state index contributed by atoms with van der Waals surface area (Å²) in [5, 5.41) is 2.46. The Kier molecular flexibility index (Phi) is 7.64. The predicted octanol–water partition coefficient (Wildman–Crippen LogP) is 16.3. The van der Waals surface area contributed by atoms with Crippen molar-refractivity contribution in [2.45, 2.75) is 24.7 Å². The number of rotatable bonds is 5. The SMILES string of the molecule is CC1(C)c2ccccc2-c2ccc(N(c3cccc(-c4ccc5c(c4)-c4ccccc4C54c5ccccc5-c5ccccc54)c3)c3ccc4ccccc4c3-c3ccccc3)cc21. The average Bonchev–Trinajstić information content (AvgIpc) is 3.90. The second-order valence-electron chi connectivity index (χ2n) is 18.0. The second-order valence-corrected chi connectivity index (χ2v) is 18.0. The van der Waals surface area contributed by atoms with Crippen LogP contribution in [0.1, 0.15) is 47.2 Å². The molecular formula is C62H43N. The summed E-state index contributed by atoms with van der Waals surface area (Å²) in [4.78, 5) is 2.50. The van der Waals surface area contributed by atoms with Crippen molar-refractivity contribution in [3.63, 3.8) is 0 Å². The fraction of sp³-hybridized carbons (Fsp3) is 0.0645. The average molecular weight is 802 g/mol. The third-order valence-electron chi connectivity index (χ3n) is 14.5. The first-order valence-electron chi connectivity index (χ1n) is 22.2. The zero-order valence-corrected chi connectivity index (χ0v) is 35.3. The Hall–Kier alpha value is -7.74. The maximum atomic E-state index is 2.50. The molecule has 10 aromatic carbocycles. The highest BCUT2D eigenvalue weighted by Gasteiger charge is 2.51. The van der Waals surface area contributed by atoms with Gasteiger partial charge in [-0.3, -0.25) is 0 Å². The highest BCUT2D eigenvalue weighted by Crippen LogP contribution is 2.63. The van der Waals surface area contributed by atoms with Crippen LogP contribution in [0.25, 0.3) is 66.4 Å². The summed E-state index contributed by atoms with van der Waals surface area (Å²) in [6.45, 7) is 4.74. The molecule has 0 amide bonds. The van der Waals surface area contributed by atoms with Crippen LogP contribution in [0.3, 0.4) is 0 Å². The van der Waals surface area contributed by atoms with Crippen LogP contribution in [0.15, 0.2) is 224 Å². The summed E-state index contributed by atoms with van der Waals surface area (Å²) in [5.41, 5.74) is 23.8. The smallest absolute Gasteiger partial charge is 0.0725 e. The van der Waals surface area contributed by atoms with Gasteiger partial charge in [-0.25, -0.2) is 0 Å². The standard InChI is InChI=1S/C62H43N/c1-61(2)53-27-12-8-23-47(53)51-34-33-45(39-58(51)61)63(59-36-32-40-17-6-7-22-46(40)60(59)41-18-4-3-5-19-41)44-21-16-20-42(37-44)43-31-35-57-52(38-43)50-26-11-15-30-56(50)62(57)54-28-13-9-24-48(54)49-25-10-14-29-55(49)62/h3-39H,1-2H3. The summed E-state index contributed by atoms with van der Waals surface area (Å²) in [7, 11) is 0. The minimum absolute atomic E-state index is 0.139. The van der Waals surface area contributed by atoms with Crippen molar-refractivity contribution in [2.75, 3.05) is 4.90 Å². The monoisotopic (exact) mass is 801 g/mol. The first-order chi connectivity index (χ1) is 31.0. The molecule has 0 aliphatic heterocycles. The zero-order valence-electron chi connectivity index (χ0n) is 35.3. The van der Waals surface area contributed by atoms with E-state index in [9.17, 15) is 0 Å². The maximum Gasteiger partial charge on any atom is 0.0725 e. The van der Waals surface area contributed by atoms with E-state index < -0.39 is 0 Å². The molecule has 0 N–H and O–H groups in total. The molecule has 0 radical (unpaired) electrons. The summed E-state index contributed by atoms with van der Waals surface area (Å²) >= 11 is 0. The van der Waals surface area contributed by atoms with Gasteiger partial charge in [0.05, 0.1) is 11.1 Å². The van der Waals surface area contributed by atoms with E-state index in [-0.39, 0.29) is 10.8 Å². The van der Waals surface area contributed by atoms with Crippen LogP contribution in [-0.4, -0.2) is 0 Å². The molecule has 13 rings (SSSR count). The van der Waals surface area contributed by atoms with Gasteiger partial charge >= 0.3 is 0 Å². The Morgan fingerprint density at radius 1 is 0.317 bits per heavy atom. The lowest BCUT2D eigenvalue weighted by atomic mass is 9.70. The van der Waals surface area contributed by atoms with Gasteiger partial charge in [-0.15, -0.1) is 0 Å². The van der Waals surface area contributed by atoms with Gasteiger partial charge in [0.25, 0.3) is 0 Å². The van der Waals surface area contributed by atoms with E-state index in [1.807, 2.05) is 0 Å². The largest absolute Gasteiger partial charge is 0.310 e. The molecular weight excluding hydrogens is 759 g/mol. The van der Waals surface area contributed by atoms with Crippen LogP contribution < -0.4 is 4.90 Å². The number of hydrogen-bond acceptors (Lipinski definition) is 1. The molecule has 1 heteroatoms. The van der Waals surface area contributed by atoms with Gasteiger partial charge in [-0.1, -0.05) is 202 Å². The third kappa shape index (κ3) is 4.99. The lowest BCUT2D eigenvalue weighted by Gasteiger charge is -2.31. The summed E-state index contributed by atoms with van der Waals surface area (Å²) in [5.74, 6) is 0. The van der Waals surface area contributed by atoms with Gasteiger partial charge in [0, 0.05) is 22.4 Å². The molecule has 296 valence electrons. The van der Waals surface area contributed by atoms with Gasteiger partial charge < -0.3 is 4.90 Å². The molecule has 1 spiro atoms. The number of fused-ring (bicyclic) bond motifs is 14. The van der Waals surface area contributed by atoms with Gasteiger partial charge in [0.15, 0.2) is 0 Å². The van der Waals surface area contributed by atoms with Gasteiger partial charge in [0.1, 0.15) is 0 Å². The number of anilines is 3. The van der Waals surface area contributed by atoms with E-state index >= 15 is 0 Å². The third-order valence-corrected chi connectivity index (χ3v) is 14.5. The zero-order chi connectivity index (χ0) is 41.9. The van der Waals surface area contributed by atoms with Gasteiger partial charge in [-0.05, 0) is 131 Å². The molecule has 0 bridgehead atoms. The van der Waals surface area contributed by atoms with Crippen molar-refractivity contribution in [3.8, 4) is 55.6 Å². The maximum absolute atomic E-state index is 2.50. The minimum atomic E-state index is -0.360. The van der Waals surface area contributed by atoms with E-state index in [1.54, 1.807) is 0 Å². The molecule has 0 atom stereocenters. The number of nitrogens with zero attached hydrogens (tertiary/aromatic N) is 1. The van der Waals surface area contributed by atoms with Gasteiger partial charge in [0.2, 0.25) is 0 Å².